The number of likely N-dealkylation sites (N-methyl/N-ethyl adjacent to an activating group) is 1. The zero-order valence-corrected chi connectivity index (χ0v) is 10.4. The second-order valence-electron chi connectivity index (χ2n) is 3.49. The molecule has 0 radical (unpaired) electrons. The van der Waals surface area contributed by atoms with Crippen molar-refractivity contribution in [2.45, 2.75) is 19.9 Å². The third kappa shape index (κ3) is 2.45. The minimum absolute atomic E-state index is 0.308. The summed E-state index contributed by atoms with van der Waals surface area (Å²) in [4.78, 5) is 6.41. The molecule has 0 saturated carbocycles. The molecular formula is C10H16BrN3. The van der Waals surface area contributed by atoms with Crippen molar-refractivity contribution >= 4 is 21.7 Å². The van der Waals surface area contributed by atoms with Crippen LogP contribution >= 0.6 is 15.9 Å². The Bertz CT molecular complexity index is 314. The normalized spacial score (nSPS) is 12.6. The topological polar surface area (TPSA) is 42.1 Å². The summed E-state index contributed by atoms with van der Waals surface area (Å²) in [5, 5.41) is 0. The van der Waals surface area contributed by atoms with Crippen LogP contribution in [0.15, 0.2) is 16.7 Å². The summed E-state index contributed by atoms with van der Waals surface area (Å²) in [7, 11) is 2.01. The average Bonchev–Trinajstić information content (AvgIpc) is 2.20. The minimum atomic E-state index is 0.308. The molecule has 0 bridgehead atoms. The van der Waals surface area contributed by atoms with Crippen LogP contribution in [-0.4, -0.2) is 24.6 Å². The monoisotopic (exact) mass is 257 g/mol. The van der Waals surface area contributed by atoms with Gasteiger partial charge in [-0.1, -0.05) is 0 Å². The van der Waals surface area contributed by atoms with Crippen molar-refractivity contribution in [3.05, 3.63) is 22.3 Å². The van der Waals surface area contributed by atoms with Crippen LogP contribution in [0, 0.1) is 6.92 Å². The summed E-state index contributed by atoms with van der Waals surface area (Å²) in [6, 6.07) is 2.36. The molecule has 1 heterocycles. The van der Waals surface area contributed by atoms with Gasteiger partial charge in [0.05, 0.1) is 0 Å². The van der Waals surface area contributed by atoms with E-state index in [2.05, 4.69) is 45.7 Å². The Labute approximate surface area is 93.4 Å². The summed E-state index contributed by atoms with van der Waals surface area (Å²) in [5.41, 5.74) is 6.79. The summed E-state index contributed by atoms with van der Waals surface area (Å²) in [6.07, 6.45) is 1.82. The van der Waals surface area contributed by atoms with Gasteiger partial charge in [0.25, 0.3) is 0 Å². The Kier molecular flexibility index (Phi) is 3.89. The highest BCUT2D eigenvalue weighted by molar-refractivity contribution is 9.10. The lowest BCUT2D eigenvalue weighted by Gasteiger charge is -2.25. The lowest BCUT2D eigenvalue weighted by Crippen LogP contribution is -2.35. The highest BCUT2D eigenvalue weighted by Gasteiger charge is 2.09. The molecule has 0 aliphatic carbocycles. The highest BCUT2D eigenvalue weighted by atomic mass is 79.9. The number of halogens is 1. The van der Waals surface area contributed by atoms with Crippen molar-refractivity contribution in [2.75, 3.05) is 18.5 Å². The summed E-state index contributed by atoms with van der Waals surface area (Å²) < 4.78 is 1.04. The number of aryl methyl sites for hydroxylation is 1. The maximum absolute atomic E-state index is 5.60. The molecule has 1 aromatic heterocycles. The summed E-state index contributed by atoms with van der Waals surface area (Å²) in [5.74, 6) is 0.962. The van der Waals surface area contributed by atoms with Crippen LogP contribution in [0.5, 0.6) is 0 Å². The van der Waals surface area contributed by atoms with Crippen molar-refractivity contribution in [3.8, 4) is 0 Å². The van der Waals surface area contributed by atoms with Gasteiger partial charge in [-0.25, -0.2) is 4.98 Å². The second-order valence-corrected chi connectivity index (χ2v) is 4.34. The van der Waals surface area contributed by atoms with E-state index < -0.39 is 0 Å². The molecule has 0 amide bonds. The van der Waals surface area contributed by atoms with Gasteiger partial charge in [0.1, 0.15) is 5.82 Å². The highest BCUT2D eigenvalue weighted by Crippen LogP contribution is 2.20. The number of nitrogens with zero attached hydrogens (tertiary/aromatic N) is 2. The van der Waals surface area contributed by atoms with E-state index in [0.29, 0.717) is 12.6 Å². The van der Waals surface area contributed by atoms with Crippen LogP contribution in [0.4, 0.5) is 5.82 Å². The number of nitrogens with two attached hydrogens (primary N) is 1. The predicted octanol–water partition coefficient (Wildman–Crippen LogP) is 1.94. The molecule has 0 aliphatic heterocycles. The first-order valence-corrected chi connectivity index (χ1v) is 5.40. The van der Waals surface area contributed by atoms with Gasteiger partial charge in [0, 0.05) is 30.3 Å². The van der Waals surface area contributed by atoms with Crippen molar-refractivity contribution in [2.24, 2.45) is 5.73 Å². The number of rotatable bonds is 3. The first-order valence-electron chi connectivity index (χ1n) is 4.61. The largest absolute Gasteiger partial charge is 0.356 e. The van der Waals surface area contributed by atoms with E-state index >= 15 is 0 Å². The third-order valence-electron chi connectivity index (χ3n) is 2.40. The molecule has 78 valence electrons. The SMILES string of the molecule is Cc1cc(N(C)C(C)CN)ncc1Br. The van der Waals surface area contributed by atoms with Crippen molar-refractivity contribution in [1.29, 1.82) is 0 Å². The van der Waals surface area contributed by atoms with E-state index in [4.69, 9.17) is 5.73 Å². The molecule has 0 saturated heterocycles. The van der Waals surface area contributed by atoms with Gasteiger partial charge in [0.15, 0.2) is 0 Å². The number of hydrogen-bond acceptors (Lipinski definition) is 3. The standard InChI is InChI=1S/C10H16BrN3/c1-7-4-10(13-6-9(7)11)14(3)8(2)5-12/h4,6,8H,5,12H2,1-3H3. The zero-order chi connectivity index (χ0) is 10.7. The molecule has 1 aromatic rings. The Morgan fingerprint density at radius 2 is 2.29 bits per heavy atom. The van der Waals surface area contributed by atoms with Gasteiger partial charge < -0.3 is 10.6 Å². The molecule has 0 aliphatic rings. The Balaban J connectivity index is 2.91. The number of hydrogen-bond donors (Lipinski definition) is 1. The molecule has 4 heteroatoms. The summed E-state index contributed by atoms with van der Waals surface area (Å²) >= 11 is 3.43. The Morgan fingerprint density at radius 1 is 1.64 bits per heavy atom. The lowest BCUT2D eigenvalue weighted by atomic mass is 10.2. The van der Waals surface area contributed by atoms with E-state index in [1.807, 2.05) is 13.2 Å². The summed E-state index contributed by atoms with van der Waals surface area (Å²) in [6.45, 7) is 4.77. The maximum Gasteiger partial charge on any atom is 0.128 e. The van der Waals surface area contributed by atoms with Gasteiger partial charge in [-0.05, 0) is 41.4 Å². The molecule has 0 spiro atoms. The third-order valence-corrected chi connectivity index (χ3v) is 3.23. The van der Waals surface area contributed by atoms with E-state index in [1.165, 1.54) is 5.56 Å². The fraction of sp³-hybridized carbons (Fsp3) is 0.500. The zero-order valence-electron chi connectivity index (χ0n) is 8.79. The molecular weight excluding hydrogens is 242 g/mol. The fourth-order valence-corrected chi connectivity index (χ4v) is 1.32. The molecule has 14 heavy (non-hydrogen) atoms. The molecule has 2 N–H and O–H groups in total. The minimum Gasteiger partial charge on any atom is -0.356 e. The first kappa shape index (κ1) is 11.5. The van der Waals surface area contributed by atoms with Gasteiger partial charge in [-0.3, -0.25) is 0 Å². The maximum atomic E-state index is 5.60. The van der Waals surface area contributed by atoms with Crippen LogP contribution in [0.1, 0.15) is 12.5 Å². The smallest absolute Gasteiger partial charge is 0.128 e. The molecule has 3 nitrogen and oxygen atoms in total. The van der Waals surface area contributed by atoms with Gasteiger partial charge >= 0.3 is 0 Å². The first-order chi connectivity index (χ1) is 6.56. The van der Waals surface area contributed by atoms with E-state index in [9.17, 15) is 0 Å². The van der Waals surface area contributed by atoms with Crippen molar-refractivity contribution in [1.82, 2.24) is 4.98 Å². The second kappa shape index (κ2) is 4.75. The number of anilines is 1. The van der Waals surface area contributed by atoms with Crippen LogP contribution < -0.4 is 10.6 Å². The Hall–Kier alpha value is -0.610. The quantitative estimate of drug-likeness (QED) is 0.900. The van der Waals surface area contributed by atoms with Crippen LogP contribution in [0.3, 0.4) is 0 Å². The molecule has 1 rings (SSSR count). The van der Waals surface area contributed by atoms with Gasteiger partial charge in [-0.15, -0.1) is 0 Å². The van der Waals surface area contributed by atoms with E-state index in [0.717, 1.165) is 10.3 Å². The Morgan fingerprint density at radius 3 is 2.79 bits per heavy atom. The van der Waals surface area contributed by atoms with Gasteiger partial charge in [-0.2, -0.15) is 0 Å². The molecule has 0 aromatic carbocycles. The molecule has 0 fully saturated rings. The van der Waals surface area contributed by atoms with Crippen molar-refractivity contribution in [3.63, 3.8) is 0 Å². The predicted molar refractivity (Wildman–Crippen MR) is 63.6 cm³/mol. The average molecular weight is 258 g/mol. The molecule has 1 unspecified atom stereocenters. The number of aromatic nitrogens is 1. The van der Waals surface area contributed by atoms with Crippen LogP contribution in [0.25, 0.3) is 0 Å². The van der Waals surface area contributed by atoms with Gasteiger partial charge in [0.2, 0.25) is 0 Å². The molecule has 1 atom stereocenters. The van der Waals surface area contributed by atoms with Crippen LogP contribution in [0.2, 0.25) is 0 Å². The van der Waals surface area contributed by atoms with Crippen LogP contribution in [-0.2, 0) is 0 Å². The number of pyridine rings is 1. The van der Waals surface area contributed by atoms with E-state index in [-0.39, 0.29) is 0 Å². The van der Waals surface area contributed by atoms with Crippen molar-refractivity contribution < 1.29 is 0 Å². The fourth-order valence-electron chi connectivity index (χ4n) is 1.10. The lowest BCUT2D eigenvalue weighted by molar-refractivity contribution is 0.687. The van der Waals surface area contributed by atoms with E-state index in [1.54, 1.807) is 0 Å².